The van der Waals surface area contributed by atoms with Crippen molar-refractivity contribution in [2.75, 3.05) is 0 Å². The van der Waals surface area contributed by atoms with Gasteiger partial charge in [0.2, 0.25) is 5.78 Å². The van der Waals surface area contributed by atoms with E-state index in [1.54, 1.807) is 16.9 Å². The molecule has 0 aliphatic heterocycles. The Labute approximate surface area is 124 Å². The van der Waals surface area contributed by atoms with Crippen LogP contribution in [0.1, 0.15) is 29.6 Å². The zero-order valence-corrected chi connectivity index (χ0v) is 12.6. The predicted molar refractivity (Wildman–Crippen MR) is 79.9 cm³/mol. The molecule has 3 aromatic rings. The van der Waals surface area contributed by atoms with E-state index < -0.39 is 0 Å². The number of nitrogens with zero attached hydrogens (tertiary/aromatic N) is 2. The molecule has 0 unspecified atom stereocenters. The third-order valence-corrected chi connectivity index (χ3v) is 3.67. The van der Waals surface area contributed by atoms with E-state index in [1.165, 1.54) is 0 Å². The maximum Gasteiger partial charge on any atom is 0.247 e. The van der Waals surface area contributed by atoms with Crippen molar-refractivity contribution in [1.82, 2.24) is 9.78 Å². The summed E-state index contributed by atoms with van der Waals surface area (Å²) in [7, 11) is 0. The molecule has 0 aliphatic rings. The fourth-order valence-electron chi connectivity index (χ4n) is 2.18. The Kier molecular flexibility index (Phi) is 3.44. The number of carbonyl (C=O) groups excluding carboxylic acids is 1. The molecule has 4 nitrogen and oxygen atoms in total. The maximum absolute atomic E-state index is 12.6. The molecule has 0 amide bonds. The molecule has 0 saturated heterocycles. The van der Waals surface area contributed by atoms with Gasteiger partial charge in [-0.3, -0.25) is 9.48 Å². The highest BCUT2D eigenvalue weighted by Gasteiger charge is 2.21. The predicted octanol–water partition coefficient (Wildman–Crippen LogP) is 4.03. The van der Waals surface area contributed by atoms with Crippen molar-refractivity contribution in [3.05, 3.63) is 52.5 Å². The minimum absolute atomic E-state index is 0.154. The highest BCUT2D eigenvalue weighted by molar-refractivity contribution is 9.10. The molecule has 0 fully saturated rings. The lowest BCUT2D eigenvalue weighted by atomic mass is 10.2. The van der Waals surface area contributed by atoms with E-state index in [9.17, 15) is 4.79 Å². The smallest absolute Gasteiger partial charge is 0.247 e. The zero-order chi connectivity index (χ0) is 14.1. The summed E-state index contributed by atoms with van der Waals surface area (Å²) in [6.07, 6.45) is 2.56. The number of furan rings is 1. The van der Waals surface area contributed by atoms with Crippen LogP contribution in [0.5, 0.6) is 0 Å². The van der Waals surface area contributed by atoms with Crippen LogP contribution in [0.15, 0.2) is 45.4 Å². The number of halogens is 1. The first kappa shape index (κ1) is 13.1. The third kappa shape index (κ3) is 2.18. The van der Waals surface area contributed by atoms with Gasteiger partial charge < -0.3 is 4.42 Å². The number of hydrogen-bond acceptors (Lipinski definition) is 3. The number of benzene rings is 1. The van der Waals surface area contributed by atoms with Crippen molar-refractivity contribution in [3.8, 4) is 0 Å². The van der Waals surface area contributed by atoms with E-state index in [2.05, 4.69) is 21.0 Å². The lowest BCUT2D eigenvalue weighted by Gasteiger charge is -2.04. The summed E-state index contributed by atoms with van der Waals surface area (Å²) in [5.74, 6) is 0.184. The fraction of sp³-hybridized carbons (Fsp3) is 0.200. The molecule has 3 rings (SSSR count). The monoisotopic (exact) mass is 332 g/mol. The maximum atomic E-state index is 12.6. The van der Waals surface area contributed by atoms with Gasteiger partial charge in [0.25, 0.3) is 0 Å². The summed E-state index contributed by atoms with van der Waals surface area (Å²) in [4.78, 5) is 12.6. The van der Waals surface area contributed by atoms with Gasteiger partial charge in [-0.1, -0.05) is 25.1 Å². The van der Waals surface area contributed by atoms with Crippen molar-refractivity contribution in [3.63, 3.8) is 0 Å². The Morgan fingerprint density at radius 2 is 2.20 bits per heavy atom. The number of aromatic nitrogens is 2. The van der Waals surface area contributed by atoms with Crippen LogP contribution < -0.4 is 0 Å². The SMILES string of the molecule is CCCn1ncc(Br)c1C(=O)c1cc2ccccc2o1. The van der Waals surface area contributed by atoms with Gasteiger partial charge in [-0.15, -0.1) is 0 Å². The van der Waals surface area contributed by atoms with Gasteiger partial charge in [0.1, 0.15) is 11.3 Å². The number of fused-ring (bicyclic) bond motifs is 1. The molecule has 102 valence electrons. The first-order valence-electron chi connectivity index (χ1n) is 6.45. The van der Waals surface area contributed by atoms with Crippen LogP contribution in [0.3, 0.4) is 0 Å². The van der Waals surface area contributed by atoms with Crippen LogP contribution in [0.2, 0.25) is 0 Å². The standard InChI is InChI=1S/C15H13BrN2O2/c1-2-7-18-14(11(16)9-17-18)15(19)13-8-10-5-3-4-6-12(10)20-13/h3-6,8-9H,2,7H2,1H3. The summed E-state index contributed by atoms with van der Waals surface area (Å²) < 4.78 is 8.03. The Morgan fingerprint density at radius 3 is 2.95 bits per heavy atom. The average Bonchev–Trinajstić information content (AvgIpc) is 3.02. The molecule has 0 bridgehead atoms. The highest BCUT2D eigenvalue weighted by atomic mass is 79.9. The lowest BCUT2D eigenvalue weighted by Crippen LogP contribution is -2.11. The van der Waals surface area contributed by atoms with Crippen LogP contribution >= 0.6 is 15.9 Å². The second kappa shape index (κ2) is 5.25. The molecule has 2 aromatic heterocycles. The van der Waals surface area contributed by atoms with E-state index in [0.29, 0.717) is 28.1 Å². The second-order valence-electron chi connectivity index (χ2n) is 4.54. The molecule has 0 atom stereocenters. The molecule has 2 heterocycles. The summed E-state index contributed by atoms with van der Waals surface area (Å²) in [5, 5.41) is 5.14. The van der Waals surface area contributed by atoms with Gasteiger partial charge in [0, 0.05) is 11.9 Å². The Bertz CT molecular complexity index is 740. The highest BCUT2D eigenvalue weighted by Crippen LogP contribution is 2.24. The molecule has 0 spiro atoms. The van der Waals surface area contributed by atoms with Crippen molar-refractivity contribution >= 4 is 32.7 Å². The molecule has 1 aromatic carbocycles. The normalized spacial score (nSPS) is 11.1. The lowest BCUT2D eigenvalue weighted by molar-refractivity contribution is 0.1000. The van der Waals surface area contributed by atoms with E-state index in [-0.39, 0.29) is 5.78 Å². The van der Waals surface area contributed by atoms with Crippen molar-refractivity contribution in [2.24, 2.45) is 0 Å². The molecule has 20 heavy (non-hydrogen) atoms. The number of para-hydroxylation sites is 1. The van der Waals surface area contributed by atoms with Gasteiger partial charge >= 0.3 is 0 Å². The average molecular weight is 333 g/mol. The molecule has 0 radical (unpaired) electrons. The number of rotatable bonds is 4. The number of aryl methyl sites for hydroxylation is 1. The summed E-state index contributed by atoms with van der Waals surface area (Å²) in [6, 6.07) is 9.35. The number of carbonyl (C=O) groups is 1. The van der Waals surface area contributed by atoms with Crippen LogP contribution in [0.4, 0.5) is 0 Å². The second-order valence-corrected chi connectivity index (χ2v) is 5.40. The van der Waals surface area contributed by atoms with E-state index in [0.717, 1.165) is 11.8 Å². The minimum Gasteiger partial charge on any atom is -0.453 e. The van der Waals surface area contributed by atoms with Crippen LogP contribution in [-0.4, -0.2) is 15.6 Å². The largest absolute Gasteiger partial charge is 0.453 e. The zero-order valence-electron chi connectivity index (χ0n) is 11.0. The minimum atomic E-state index is -0.154. The molecular weight excluding hydrogens is 320 g/mol. The molecule has 0 aliphatic carbocycles. The quantitative estimate of drug-likeness (QED) is 0.677. The van der Waals surface area contributed by atoms with E-state index >= 15 is 0 Å². The van der Waals surface area contributed by atoms with Crippen LogP contribution in [-0.2, 0) is 6.54 Å². The van der Waals surface area contributed by atoms with Gasteiger partial charge in [-0.25, -0.2) is 0 Å². The van der Waals surface area contributed by atoms with Gasteiger partial charge in [0.05, 0.1) is 10.7 Å². The first-order chi connectivity index (χ1) is 9.70. The van der Waals surface area contributed by atoms with E-state index in [4.69, 9.17) is 4.42 Å². The molecule has 0 saturated carbocycles. The van der Waals surface area contributed by atoms with Gasteiger partial charge in [0.15, 0.2) is 5.76 Å². The van der Waals surface area contributed by atoms with Crippen LogP contribution in [0.25, 0.3) is 11.0 Å². The first-order valence-corrected chi connectivity index (χ1v) is 7.24. The number of hydrogen-bond donors (Lipinski definition) is 0. The van der Waals surface area contributed by atoms with Crippen molar-refractivity contribution in [2.45, 2.75) is 19.9 Å². The Balaban J connectivity index is 2.06. The van der Waals surface area contributed by atoms with Crippen molar-refractivity contribution < 1.29 is 9.21 Å². The van der Waals surface area contributed by atoms with Gasteiger partial charge in [-0.05, 0) is 34.5 Å². The third-order valence-electron chi connectivity index (χ3n) is 3.09. The molecule has 5 heteroatoms. The summed E-state index contributed by atoms with van der Waals surface area (Å²) in [6.45, 7) is 2.75. The number of ketones is 1. The van der Waals surface area contributed by atoms with E-state index in [1.807, 2.05) is 31.2 Å². The summed E-state index contributed by atoms with van der Waals surface area (Å²) >= 11 is 3.38. The topological polar surface area (TPSA) is 48.0 Å². The van der Waals surface area contributed by atoms with Gasteiger partial charge in [-0.2, -0.15) is 5.10 Å². The molecular formula is C15H13BrN2O2. The Morgan fingerprint density at radius 1 is 1.40 bits per heavy atom. The Hall–Kier alpha value is -1.88. The van der Waals surface area contributed by atoms with Crippen molar-refractivity contribution in [1.29, 1.82) is 0 Å². The molecule has 0 N–H and O–H groups in total. The summed E-state index contributed by atoms with van der Waals surface area (Å²) in [5.41, 5.74) is 1.25. The van der Waals surface area contributed by atoms with Crippen LogP contribution in [0, 0.1) is 0 Å². The fourth-order valence-corrected chi connectivity index (χ4v) is 2.66.